The zero-order valence-corrected chi connectivity index (χ0v) is 10.7. The summed E-state index contributed by atoms with van der Waals surface area (Å²) >= 11 is 0. The number of amides is 1. The second-order valence-corrected chi connectivity index (χ2v) is 4.86. The van der Waals surface area contributed by atoms with Gasteiger partial charge in [0, 0.05) is 30.9 Å². The van der Waals surface area contributed by atoms with Gasteiger partial charge in [-0.25, -0.2) is 0 Å². The van der Waals surface area contributed by atoms with Gasteiger partial charge in [0.05, 0.1) is 0 Å². The smallest absolute Gasteiger partial charge is 0.251 e. The Kier molecular flexibility index (Phi) is 4.20. The molecule has 0 aliphatic carbocycles. The molecule has 1 amide bonds. The first kappa shape index (κ1) is 12.9. The van der Waals surface area contributed by atoms with Gasteiger partial charge in [0.2, 0.25) is 0 Å². The maximum Gasteiger partial charge on any atom is 0.251 e. The predicted octanol–water partition coefficient (Wildman–Crippen LogP) is 1.40. The molecule has 0 fully saturated rings. The predicted molar refractivity (Wildman–Crippen MR) is 71.8 cm³/mol. The first-order valence-corrected chi connectivity index (χ1v) is 6.47. The largest absolute Gasteiger partial charge is 0.396 e. The van der Waals surface area contributed by atoms with Crippen LogP contribution < -0.4 is 10.6 Å². The third-order valence-electron chi connectivity index (χ3n) is 3.26. The molecule has 0 aromatic heterocycles. The van der Waals surface area contributed by atoms with Crippen molar-refractivity contribution in [3.63, 3.8) is 0 Å². The Morgan fingerprint density at radius 1 is 1.56 bits per heavy atom. The summed E-state index contributed by atoms with van der Waals surface area (Å²) in [5, 5.41) is 15.1. The fraction of sp³-hybridized carbons (Fsp3) is 0.500. The summed E-state index contributed by atoms with van der Waals surface area (Å²) in [5.74, 6) is 0.0439. The van der Waals surface area contributed by atoms with Crippen molar-refractivity contribution in [3.05, 3.63) is 29.3 Å². The average molecular weight is 248 g/mol. The van der Waals surface area contributed by atoms with Crippen molar-refractivity contribution in [2.24, 2.45) is 5.92 Å². The van der Waals surface area contributed by atoms with Gasteiger partial charge in [-0.1, -0.05) is 13.0 Å². The molecule has 4 nitrogen and oxygen atoms in total. The van der Waals surface area contributed by atoms with E-state index in [0.717, 1.165) is 36.2 Å². The van der Waals surface area contributed by atoms with E-state index in [1.807, 2.05) is 25.1 Å². The fourth-order valence-corrected chi connectivity index (χ4v) is 2.15. The molecule has 1 aliphatic rings. The van der Waals surface area contributed by atoms with Crippen molar-refractivity contribution >= 4 is 11.6 Å². The van der Waals surface area contributed by atoms with E-state index in [2.05, 4.69) is 10.6 Å². The van der Waals surface area contributed by atoms with E-state index in [-0.39, 0.29) is 18.4 Å². The second kappa shape index (κ2) is 5.87. The maximum atomic E-state index is 12.1. The van der Waals surface area contributed by atoms with Crippen LogP contribution >= 0.6 is 0 Å². The summed E-state index contributed by atoms with van der Waals surface area (Å²) in [4.78, 5) is 12.1. The minimum Gasteiger partial charge on any atom is -0.396 e. The zero-order valence-electron chi connectivity index (χ0n) is 10.7. The summed E-state index contributed by atoms with van der Waals surface area (Å²) < 4.78 is 0. The van der Waals surface area contributed by atoms with E-state index in [4.69, 9.17) is 5.11 Å². The van der Waals surface area contributed by atoms with Gasteiger partial charge in [0.1, 0.15) is 0 Å². The van der Waals surface area contributed by atoms with Gasteiger partial charge in [0.15, 0.2) is 0 Å². The van der Waals surface area contributed by atoms with Crippen molar-refractivity contribution < 1.29 is 9.90 Å². The summed E-state index contributed by atoms with van der Waals surface area (Å²) in [6.07, 6.45) is 2.01. The van der Waals surface area contributed by atoms with Crippen LogP contribution in [0.25, 0.3) is 0 Å². The van der Waals surface area contributed by atoms with Crippen molar-refractivity contribution in [1.82, 2.24) is 5.32 Å². The monoisotopic (exact) mass is 248 g/mol. The van der Waals surface area contributed by atoms with Crippen LogP contribution in [0.1, 0.15) is 29.3 Å². The van der Waals surface area contributed by atoms with Crippen molar-refractivity contribution in [3.8, 4) is 0 Å². The molecule has 3 N–H and O–H groups in total. The van der Waals surface area contributed by atoms with E-state index in [0.29, 0.717) is 6.54 Å². The highest BCUT2D eigenvalue weighted by molar-refractivity contribution is 5.97. The third kappa shape index (κ3) is 2.82. The number of hydrogen-bond donors (Lipinski definition) is 3. The van der Waals surface area contributed by atoms with Gasteiger partial charge >= 0.3 is 0 Å². The summed E-state index contributed by atoms with van der Waals surface area (Å²) in [6, 6.07) is 5.79. The maximum absolute atomic E-state index is 12.1. The lowest BCUT2D eigenvalue weighted by Gasteiger charge is -2.20. The van der Waals surface area contributed by atoms with E-state index < -0.39 is 0 Å². The highest BCUT2D eigenvalue weighted by atomic mass is 16.3. The van der Waals surface area contributed by atoms with Crippen LogP contribution in [0.2, 0.25) is 0 Å². The van der Waals surface area contributed by atoms with Crippen LogP contribution in [0.3, 0.4) is 0 Å². The molecule has 1 heterocycles. The van der Waals surface area contributed by atoms with E-state index >= 15 is 0 Å². The summed E-state index contributed by atoms with van der Waals surface area (Å²) in [6.45, 7) is 3.48. The molecule has 0 bridgehead atoms. The van der Waals surface area contributed by atoms with Gasteiger partial charge < -0.3 is 15.7 Å². The van der Waals surface area contributed by atoms with Crippen LogP contribution in [0.4, 0.5) is 5.69 Å². The Morgan fingerprint density at radius 3 is 3.17 bits per heavy atom. The molecule has 1 unspecified atom stereocenters. The number of nitrogens with one attached hydrogen (secondary N) is 2. The van der Waals surface area contributed by atoms with Gasteiger partial charge in [-0.2, -0.15) is 0 Å². The molecule has 1 aliphatic heterocycles. The van der Waals surface area contributed by atoms with Gasteiger partial charge in [-0.3, -0.25) is 4.79 Å². The molecule has 1 aromatic carbocycles. The molecular formula is C14H20N2O2. The van der Waals surface area contributed by atoms with Crippen LogP contribution in [0.15, 0.2) is 18.2 Å². The summed E-state index contributed by atoms with van der Waals surface area (Å²) in [7, 11) is 0. The number of fused-ring (bicyclic) bond motifs is 1. The standard InChI is InChI=1S/C14H20N2O2/c1-10(9-17)8-16-14(18)12-4-2-6-13-11(12)5-3-7-15-13/h2,4,6,10,15,17H,3,5,7-9H2,1H3,(H,16,18). The van der Waals surface area contributed by atoms with Crippen LogP contribution in [-0.2, 0) is 6.42 Å². The third-order valence-corrected chi connectivity index (χ3v) is 3.26. The number of rotatable bonds is 4. The van der Waals surface area contributed by atoms with Gasteiger partial charge in [0.25, 0.3) is 5.91 Å². The number of carbonyl (C=O) groups excluding carboxylic acids is 1. The number of aliphatic hydroxyl groups excluding tert-OH is 1. The Bertz CT molecular complexity index is 432. The molecule has 0 saturated heterocycles. The highest BCUT2D eigenvalue weighted by Gasteiger charge is 2.17. The van der Waals surface area contributed by atoms with Crippen LogP contribution in [0, 0.1) is 5.92 Å². The van der Waals surface area contributed by atoms with Crippen LogP contribution in [0.5, 0.6) is 0 Å². The lowest BCUT2D eigenvalue weighted by Crippen LogP contribution is -2.30. The van der Waals surface area contributed by atoms with E-state index in [9.17, 15) is 4.79 Å². The Morgan fingerprint density at radius 2 is 2.39 bits per heavy atom. The van der Waals surface area contributed by atoms with Gasteiger partial charge in [-0.15, -0.1) is 0 Å². The SMILES string of the molecule is CC(CO)CNC(=O)c1cccc2c1CCCN2. The quantitative estimate of drug-likeness (QED) is 0.755. The Balaban J connectivity index is 2.10. The molecule has 98 valence electrons. The number of carbonyl (C=O) groups is 1. The van der Waals surface area contributed by atoms with E-state index in [1.54, 1.807) is 0 Å². The number of hydrogen-bond acceptors (Lipinski definition) is 3. The molecule has 18 heavy (non-hydrogen) atoms. The molecular weight excluding hydrogens is 228 g/mol. The molecule has 1 aromatic rings. The number of aliphatic hydroxyl groups is 1. The Labute approximate surface area is 107 Å². The first-order valence-electron chi connectivity index (χ1n) is 6.47. The van der Waals surface area contributed by atoms with Crippen molar-refractivity contribution in [1.29, 1.82) is 0 Å². The highest BCUT2D eigenvalue weighted by Crippen LogP contribution is 2.25. The molecule has 0 radical (unpaired) electrons. The first-order chi connectivity index (χ1) is 8.72. The van der Waals surface area contributed by atoms with Crippen molar-refractivity contribution in [2.75, 3.05) is 25.0 Å². The lowest BCUT2D eigenvalue weighted by molar-refractivity contribution is 0.0941. The minimum absolute atomic E-state index is 0.0455. The lowest BCUT2D eigenvalue weighted by atomic mass is 9.97. The minimum atomic E-state index is -0.0455. The van der Waals surface area contributed by atoms with Crippen LogP contribution in [-0.4, -0.2) is 30.7 Å². The number of benzene rings is 1. The molecule has 0 spiro atoms. The second-order valence-electron chi connectivity index (χ2n) is 4.86. The van der Waals surface area contributed by atoms with E-state index in [1.165, 1.54) is 0 Å². The van der Waals surface area contributed by atoms with Gasteiger partial charge in [-0.05, 0) is 36.5 Å². The average Bonchev–Trinajstić information content (AvgIpc) is 2.43. The topological polar surface area (TPSA) is 61.4 Å². The molecule has 0 saturated carbocycles. The zero-order chi connectivity index (χ0) is 13.0. The molecule has 4 heteroatoms. The number of anilines is 1. The molecule has 1 atom stereocenters. The normalized spacial score (nSPS) is 15.4. The Hall–Kier alpha value is -1.55. The molecule has 2 rings (SSSR count). The van der Waals surface area contributed by atoms with Crippen molar-refractivity contribution in [2.45, 2.75) is 19.8 Å². The fourth-order valence-electron chi connectivity index (χ4n) is 2.15. The summed E-state index contributed by atoms with van der Waals surface area (Å²) in [5.41, 5.74) is 2.94.